The maximum absolute atomic E-state index is 13.3. The zero-order valence-electron chi connectivity index (χ0n) is 11.5. The van der Waals surface area contributed by atoms with Gasteiger partial charge in [0.25, 0.3) is 6.43 Å². The van der Waals surface area contributed by atoms with E-state index in [0.29, 0.717) is 22.8 Å². The molecule has 4 rings (SSSR count). The predicted octanol–water partition coefficient (Wildman–Crippen LogP) is 2.93. The van der Waals surface area contributed by atoms with Crippen molar-refractivity contribution in [2.75, 3.05) is 6.79 Å². The van der Waals surface area contributed by atoms with Crippen molar-refractivity contribution < 1.29 is 18.3 Å². The van der Waals surface area contributed by atoms with E-state index < -0.39 is 6.43 Å². The number of benzene rings is 1. The minimum absolute atomic E-state index is 0.0953. The van der Waals surface area contributed by atoms with E-state index in [1.54, 1.807) is 18.2 Å². The minimum Gasteiger partial charge on any atom is -0.454 e. The highest BCUT2D eigenvalue weighted by Crippen LogP contribution is 2.36. The molecule has 0 N–H and O–H groups in total. The lowest BCUT2D eigenvalue weighted by atomic mass is 10.1. The summed E-state index contributed by atoms with van der Waals surface area (Å²) in [6.07, 6.45) is -1.53. The van der Waals surface area contributed by atoms with Gasteiger partial charge < -0.3 is 9.47 Å². The van der Waals surface area contributed by atoms with Crippen molar-refractivity contribution in [2.45, 2.75) is 6.43 Å². The first-order valence-corrected chi connectivity index (χ1v) is 6.64. The van der Waals surface area contributed by atoms with Gasteiger partial charge in [0, 0.05) is 5.56 Å². The van der Waals surface area contributed by atoms with Crippen LogP contribution in [0.5, 0.6) is 11.5 Å². The van der Waals surface area contributed by atoms with Crippen LogP contribution in [0.1, 0.15) is 17.7 Å². The summed E-state index contributed by atoms with van der Waals surface area (Å²) >= 11 is 0. The van der Waals surface area contributed by atoms with Gasteiger partial charge in [0.15, 0.2) is 17.1 Å². The lowest BCUT2D eigenvalue weighted by Gasteiger charge is -2.08. The van der Waals surface area contributed by atoms with Crippen molar-refractivity contribution in [3.8, 4) is 28.8 Å². The molecule has 0 radical (unpaired) electrons. The fraction of sp³-hybridized carbons (Fsp3) is 0.133. The Morgan fingerprint density at radius 3 is 2.83 bits per heavy atom. The van der Waals surface area contributed by atoms with Crippen molar-refractivity contribution in [1.82, 2.24) is 14.6 Å². The fourth-order valence-corrected chi connectivity index (χ4v) is 2.42. The van der Waals surface area contributed by atoms with Crippen LogP contribution >= 0.6 is 0 Å². The first-order valence-electron chi connectivity index (χ1n) is 6.64. The van der Waals surface area contributed by atoms with Crippen molar-refractivity contribution in [3.05, 3.63) is 41.7 Å². The quantitative estimate of drug-likeness (QED) is 0.727. The van der Waals surface area contributed by atoms with Crippen molar-refractivity contribution in [3.63, 3.8) is 0 Å². The molecular weight excluding hydrogens is 306 g/mol. The Bertz CT molecular complexity index is 962. The van der Waals surface area contributed by atoms with Gasteiger partial charge in [0.05, 0.1) is 11.9 Å². The number of nitrogens with zero attached hydrogens (tertiary/aromatic N) is 4. The highest BCUT2D eigenvalue weighted by molar-refractivity contribution is 5.68. The third-order valence-electron chi connectivity index (χ3n) is 3.51. The van der Waals surface area contributed by atoms with Gasteiger partial charge in [-0.05, 0) is 24.3 Å². The van der Waals surface area contributed by atoms with Crippen LogP contribution in [-0.4, -0.2) is 21.4 Å². The van der Waals surface area contributed by atoms with E-state index in [1.807, 2.05) is 6.07 Å². The molecule has 114 valence electrons. The second-order valence-electron chi connectivity index (χ2n) is 4.84. The van der Waals surface area contributed by atoms with E-state index in [2.05, 4.69) is 10.1 Å². The number of alkyl halides is 2. The Kier molecular flexibility index (Phi) is 2.87. The molecule has 3 aromatic rings. The zero-order valence-corrected chi connectivity index (χ0v) is 11.5. The molecule has 2 aromatic heterocycles. The van der Waals surface area contributed by atoms with E-state index in [0.717, 1.165) is 4.52 Å². The molecule has 0 fully saturated rings. The Balaban J connectivity index is 1.95. The largest absolute Gasteiger partial charge is 0.454 e. The topological polar surface area (TPSA) is 72.4 Å². The number of hydrogen-bond donors (Lipinski definition) is 0. The van der Waals surface area contributed by atoms with Gasteiger partial charge in [0.1, 0.15) is 17.3 Å². The van der Waals surface area contributed by atoms with Crippen molar-refractivity contribution >= 4 is 5.65 Å². The molecule has 8 heteroatoms. The van der Waals surface area contributed by atoms with E-state index in [1.165, 1.54) is 12.3 Å². The highest BCUT2D eigenvalue weighted by Gasteiger charge is 2.20. The normalized spacial score (nSPS) is 12.8. The summed E-state index contributed by atoms with van der Waals surface area (Å²) in [5, 5.41) is 12.9. The Labute approximate surface area is 128 Å². The van der Waals surface area contributed by atoms with Gasteiger partial charge in [-0.3, -0.25) is 0 Å². The molecule has 6 nitrogen and oxygen atoms in total. The van der Waals surface area contributed by atoms with Crippen LogP contribution in [0, 0.1) is 11.3 Å². The summed E-state index contributed by atoms with van der Waals surface area (Å²) in [5.41, 5.74) is 0.795. The number of aromatic nitrogens is 3. The van der Waals surface area contributed by atoms with Gasteiger partial charge in [-0.2, -0.15) is 10.4 Å². The number of hydrogen-bond acceptors (Lipinski definition) is 5. The number of ether oxygens (including phenoxy) is 2. The third-order valence-corrected chi connectivity index (χ3v) is 3.51. The summed E-state index contributed by atoms with van der Waals surface area (Å²) in [6.45, 7) is 0.120. The molecule has 0 unspecified atom stereocenters. The van der Waals surface area contributed by atoms with Gasteiger partial charge in [-0.25, -0.2) is 18.3 Å². The van der Waals surface area contributed by atoms with Crippen LogP contribution in [0.4, 0.5) is 8.78 Å². The summed E-state index contributed by atoms with van der Waals surface area (Å²) in [4.78, 5) is 4.29. The molecule has 1 aromatic carbocycles. The number of fused-ring (bicyclic) bond motifs is 2. The first kappa shape index (κ1) is 13.5. The Morgan fingerprint density at radius 1 is 1.22 bits per heavy atom. The maximum atomic E-state index is 13.3. The summed E-state index contributed by atoms with van der Waals surface area (Å²) in [7, 11) is 0. The molecule has 3 heterocycles. The number of halogens is 2. The van der Waals surface area contributed by atoms with Gasteiger partial charge in [0.2, 0.25) is 6.79 Å². The van der Waals surface area contributed by atoms with Crippen molar-refractivity contribution in [1.29, 1.82) is 5.26 Å². The van der Waals surface area contributed by atoms with E-state index in [4.69, 9.17) is 14.7 Å². The molecule has 0 aliphatic carbocycles. The number of nitriles is 1. The summed E-state index contributed by atoms with van der Waals surface area (Å²) in [6, 6.07) is 8.21. The second-order valence-corrected chi connectivity index (χ2v) is 4.84. The van der Waals surface area contributed by atoms with E-state index >= 15 is 0 Å². The maximum Gasteiger partial charge on any atom is 0.280 e. The van der Waals surface area contributed by atoms with Crippen LogP contribution in [-0.2, 0) is 0 Å². The standard InChI is InChI=1S/C15H8F2N4O2/c16-14(17)11-4-10(20-15-9(5-18)6-19-21(11)15)8-1-2-12-13(3-8)23-7-22-12/h1-4,6,14H,7H2. The average Bonchev–Trinajstić information content (AvgIpc) is 3.19. The van der Waals surface area contributed by atoms with Gasteiger partial charge >= 0.3 is 0 Å². The van der Waals surface area contributed by atoms with Crippen LogP contribution in [0.2, 0.25) is 0 Å². The SMILES string of the molecule is N#Cc1cnn2c(C(F)F)cc(-c3ccc4c(c3)OCO4)nc12. The predicted molar refractivity (Wildman–Crippen MR) is 74.2 cm³/mol. The van der Waals surface area contributed by atoms with Gasteiger partial charge in [-0.1, -0.05) is 0 Å². The summed E-state index contributed by atoms with van der Waals surface area (Å²) in [5.74, 6) is 1.11. The van der Waals surface area contributed by atoms with Gasteiger partial charge in [-0.15, -0.1) is 0 Å². The Morgan fingerprint density at radius 2 is 2.04 bits per heavy atom. The van der Waals surface area contributed by atoms with Crippen molar-refractivity contribution in [2.24, 2.45) is 0 Å². The molecule has 23 heavy (non-hydrogen) atoms. The van der Waals surface area contributed by atoms with E-state index in [9.17, 15) is 8.78 Å². The summed E-state index contributed by atoms with van der Waals surface area (Å²) < 4.78 is 38.1. The first-order chi connectivity index (χ1) is 11.2. The second kappa shape index (κ2) is 4.91. The molecule has 1 aliphatic heterocycles. The third kappa shape index (κ3) is 2.05. The van der Waals surface area contributed by atoms with Crippen LogP contribution in [0.25, 0.3) is 16.9 Å². The highest BCUT2D eigenvalue weighted by atomic mass is 19.3. The molecule has 1 aliphatic rings. The zero-order chi connectivity index (χ0) is 16.0. The van der Waals surface area contributed by atoms with Crippen LogP contribution in [0.15, 0.2) is 30.5 Å². The smallest absolute Gasteiger partial charge is 0.280 e. The van der Waals surface area contributed by atoms with E-state index in [-0.39, 0.29) is 23.7 Å². The van der Waals surface area contributed by atoms with Crippen LogP contribution < -0.4 is 9.47 Å². The molecule has 0 amide bonds. The molecule has 0 bridgehead atoms. The van der Waals surface area contributed by atoms with Crippen LogP contribution in [0.3, 0.4) is 0 Å². The molecule has 0 atom stereocenters. The Hall–Kier alpha value is -3.21. The minimum atomic E-state index is -2.75. The monoisotopic (exact) mass is 314 g/mol. The lowest BCUT2D eigenvalue weighted by Crippen LogP contribution is -2.02. The molecule has 0 saturated heterocycles. The fourth-order valence-electron chi connectivity index (χ4n) is 2.42. The molecule has 0 spiro atoms. The molecular formula is C15H8F2N4O2. The number of rotatable bonds is 2. The average molecular weight is 314 g/mol. The lowest BCUT2D eigenvalue weighted by molar-refractivity contribution is 0.143. The molecule has 0 saturated carbocycles.